The lowest BCUT2D eigenvalue weighted by molar-refractivity contribution is 0.0522. The lowest BCUT2D eigenvalue weighted by Crippen LogP contribution is -2.32. The van der Waals surface area contributed by atoms with Gasteiger partial charge in [0.05, 0.1) is 18.4 Å². The highest BCUT2D eigenvalue weighted by molar-refractivity contribution is 5.67. The first-order chi connectivity index (χ1) is 9.87. The van der Waals surface area contributed by atoms with Gasteiger partial charge in [-0.2, -0.15) is 0 Å². The molecule has 0 aliphatic rings. The first kappa shape index (κ1) is 15.1. The van der Waals surface area contributed by atoms with Gasteiger partial charge in [-0.05, 0) is 26.3 Å². The van der Waals surface area contributed by atoms with E-state index in [4.69, 9.17) is 4.74 Å². The van der Waals surface area contributed by atoms with Crippen LogP contribution in [0.2, 0.25) is 0 Å². The van der Waals surface area contributed by atoms with E-state index in [2.05, 4.69) is 10.3 Å². The predicted molar refractivity (Wildman–Crippen MR) is 81.7 cm³/mol. The van der Waals surface area contributed by atoms with E-state index in [1.165, 1.54) is 0 Å². The molecule has 1 heterocycles. The van der Waals surface area contributed by atoms with Gasteiger partial charge in [0.1, 0.15) is 11.4 Å². The maximum Gasteiger partial charge on any atom is 0.408 e. The van der Waals surface area contributed by atoms with Gasteiger partial charge >= 0.3 is 6.09 Å². The Morgan fingerprint density at radius 1 is 1.29 bits per heavy atom. The SMILES string of the molecule is Cn1c(-c2ccccc2)cnc1CNC(=O)OC(C)(C)C. The fourth-order valence-corrected chi connectivity index (χ4v) is 1.95. The third-order valence-corrected chi connectivity index (χ3v) is 2.94. The van der Waals surface area contributed by atoms with Crippen LogP contribution in [0.25, 0.3) is 11.3 Å². The minimum absolute atomic E-state index is 0.332. The van der Waals surface area contributed by atoms with Crippen LogP contribution in [0, 0.1) is 0 Å². The Kier molecular flexibility index (Phi) is 4.31. The van der Waals surface area contributed by atoms with Crippen LogP contribution in [0.15, 0.2) is 36.5 Å². The summed E-state index contributed by atoms with van der Waals surface area (Å²) in [7, 11) is 1.93. The number of nitrogens with one attached hydrogen (secondary N) is 1. The zero-order chi connectivity index (χ0) is 15.5. The summed E-state index contributed by atoms with van der Waals surface area (Å²) in [4.78, 5) is 16.0. The second-order valence-electron chi connectivity index (χ2n) is 5.84. The van der Waals surface area contributed by atoms with Gasteiger partial charge in [0.2, 0.25) is 0 Å². The second kappa shape index (κ2) is 5.99. The summed E-state index contributed by atoms with van der Waals surface area (Å²) in [5.74, 6) is 0.778. The summed E-state index contributed by atoms with van der Waals surface area (Å²) in [6.45, 7) is 5.83. The Morgan fingerprint density at radius 2 is 1.95 bits per heavy atom. The largest absolute Gasteiger partial charge is 0.444 e. The molecule has 0 saturated carbocycles. The smallest absolute Gasteiger partial charge is 0.408 e. The molecule has 1 aromatic carbocycles. The number of carbonyl (C=O) groups excluding carboxylic acids is 1. The minimum Gasteiger partial charge on any atom is -0.444 e. The van der Waals surface area contributed by atoms with Crippen molar-refractivity contribution in [3.63, 3.8) is 0 Å². The molecule has 2 rings (SSSR count). The first-order valence-electron chi connectivity index (χ1n) is 6.90. The Bertz CT molecular complexity index is 612. The zero-order valence-corrected chi connectivity index (χ0v) is 12.9. The van der Waals surface area contributed by atoms with Gasteiger partial charge in [-0.3, -0.25) is 0 Å². The summed E-state index contributed by atoms with van der Waals surface area (Å²) >= 11 is 0. The van der Waals surface area contributed by atoms with Crippen molar-refractivity contribution < 1.29 is 9.53 Å². The Morgan fingerprint density at radius 3 is 2.57 bits per heavy atom. The van der Waals surface area contributed by atoms with Crippen LogP contribution in [0.3, 0.4) is 0 Å². The van der Waals surface area contributed by atoms with Gasteiger partial charge in [0.15, 0.2) is 0 Å². The molecule has 1 N–H and O–H groups in total. The van der Waals surface area contributed by atoms with Crippen molar-refractivity contribution in [3.05, 3.63) is 42.4 Å². The van der Waals surface area contributed by atoms with Crippen molar-refractivity contribution in [2.75, 3.05) is 0 Å². The van der Waals surface area contributed by atoms with Gasteiger partial charge in [0.25, 0.3) is 0 Å². The highest BCUT2D eigenvalue weighted by Gasteiger charge is 2.16. The summed E-state index contributed by atoms with van der Waals surface area (Å²) in [6.07, 6.45) is 1.37. The van der Waals surface area contributed by atoms with Crippen LogP contribution < -0.4 is 5.32 Å². The maximum atomic E-state index is 11.6. The first-order valence-corrected chi connectivity index (χ1v) is 6.90. The monoisotopic (exact) mass is 287 g/mol. The average molecular weight is 287 g/mol. The summed E-state index contributed by atoms with van der Waals surface area (Å²) in [5.41, 5.74) is 1.61. The molecular weight excluding hydrogens is 266 g/mol. The number of ether oxygens (including phenoxy) is 1. The van der Waals surface area contributed by atoms with Crippen LogP contribution in [0.5, 0.6) is 0 Å². The van der Waals surface area contributed by atoms with Crippen molar-refractivity contribution in [1.29, 1.82) is 0 Å². The molecule has 0 fully saturated rings. The van der Waals surface area contributed by atoms with Crippen molar-refractivity contribution in [2.24, 2.45) is 7.05 Å². The van der Waals surface area contributed by atoms with Crippen LogP contribution in [0.1, 0.15) is 26.6 Å². The number of alkyl carbamates (subject to hydrolysis) is 1. The fourth-order valence-electron chi connectivity index (χ4n) is 1.95. The van der Waals surface area contributed by atoms with E-state index < -0.39 is 11.7 Å². The van der Waals surface area contributed by atoms with Crippen LogP contribution >= 0.6 is 0 Å². The molecule has 0 aliphatic carbocycles. The number of benzene rings is 1. The van der Waals surface area contributed by atoms with E-state index in [0.717, 1.165) is 17.1 Å². The topological polar surface area (TPSA) is 56.2 Å². The third kappa shape index (κ3) is 4.08. The van der Waals surface area contributed by atoms with Gasteiger partial charge in [-0.25, -0.2) is 9.78 Å². The highest BCUT2D eigenvalue weighted by atomic mass is 16.6. The van der Waals surface area contributed by atoms with Gasteiger partial charge in [-0.15, -0.1) is 0 Å². The van der Waals surface area contributed by atoms with Gasteiger partial charge in [-0.1, -0.05) is 30.3 Å². The van der Waals surface area contributed by atoms with Crippen LogP contribution in [-0.4, -0.2) is 21.2 Å². The van der Waals surface area contributed by atoms with Gasteiger partial charge < -0.3 is 14.6 Å². The normalized spacial score (nSPS) is 11.2. The molecular formula is C16H21N3O2. The van der Waals surface area contributed by atoms with Crippen molar-refractivity contribution in [2.45, 2.75) is 32.9 Å². The number of amides is 1. The summed E-state index contributed by atoms with van der Waals surface area (Å²) in [6, 6.07) is 10.0. The molecule has 5 heteroatoms. The van der Waals surface area contributed by atoms with E-state index in [-0.39, 0.29) is 0 Å². The van der Waals surface area contributed by atoms with E-state index in [1.807, 2.05) is 62.7 Å². The molecule has 1 aromatic heterocycles. The molecule has 0 atom stereocenters. The molecule has 2 aromatic rings. The number of rotatable bonds is 3. The number of imidazole rings is 1. The summed E-state index contributed by atoms with van der Waals surface area (Å²) in [5, 5.41) is 2.72. The van der Waals surface area contributed by atoms with Crippen molar-refractivity contribution in [3.8, 4) is 11.3 Å². The van der Waals surface area contributed by atoms with Crippen molar-refractivity contribution >= 4 is 6.09 Å². The van der Waals surface area contributed by atoms with Crippen LogP contribution in [-0.2, 0) is 18.3 Å². The molecule has 5 nitrogen and oxygen atoms in total. The summed E-state index contributed by atoms with van der Waals surface area (Å²) < 4.78 is 7.17. The number of nitrogens with zero attached hydrogens (tertiary/aromatic N) is 2. The Hall–Kier alpha value is -2.30. The third-order valence-electron chi connectivity index (χ3n) is 2.94. The second-order valence-corrected chi connectivity index (χ2v) is 5.84. The van der Waals surface area contributed by atoms with E-state index in [1.54, 1.807) is 6.20 Å². The number of hydrogen-bond acceptors (Lipinski definition) is 3. The molecule has 0 aliphatic heterocycles. The lowest BCUT2D eigenvalue weighted by Gasteiger charge is -2.19. The average Bonchev–Trinajstić information content (AvgIpc) is 2.77. The molecule has 0 radical (unpaired) electrons. The molecule has 21 heavy (non-hydrogen) atoms. The zero-order valence-electron chi connectivity index (χ0n) is 12.9. The molecule has 112 valence electrons. The highest BCUT2D eigenvalue weighted by Crippen LogP contribution is 2.19. The minimum atomic E-state index is -0.499. The number of carbonyl (C=O) groups is 1. The fraction of sp³-hybridized carbons (Fsp3) is 0.375. The Balaban J connectivity index is 2.03. The Labute approximate surface area is 125 Å². The van der Waals surface area contributed by atoms with E-state index in [0.29, 0.717) is 6.54 Å². The van der Waals surface area contributed by atoms with Crippen LogP contribution in [0.4, 0.5) is 4.79 Å². The number of aromatic nitrogens is 2. The van der Waals surface area contributed by atoms with Gasteiger partial charge in [0, 0.05) is 7.05 Å². The molecule has 0 unspecified atom stereocenters. The number of hydrogen-bond donors (Lipinski definition) is 1. The van der Waals surface area contributed by atoms with E-state index in [9.17, 15) is 4.79 Å². The van der Waals surface area contributed by atoms with Crippen molar-refractivity contribution in [1.82, 2.24) is 14.9 Å². The molecule has 1 amide bonds. The maximum absolute atomic E-state index is 11.6. The quantitative estimate of drug-likeness (QED) is 0.943. The van der Waals surface area contributed by atoms with E-state index >= 15 is 0 Å². The standard InChI is InChI=1S/C16H21N3O2/c1-16(2,3)21-15(20)18-11-14-17-10-13(19(14)4)12-8-6-5-7-9-12/h5-10H,11H2,1-4H3,(H,18,20). The molecule has 0 saturated heterocycles. The lowest BCUT2D eigenvalue weighted by atomic mass is 10.2. The molecule has 0 spiro atoms. The molecule has 0 bridgehead atoms. The predicted octanol–water partition coefficient (Wildman–Crippen LogP) is 3.11.